The normalized spacial score (nSPS) is 24.7. The zero-order chi connectivity index (χ0) is 38.4. The van der Waals surface area contributed by atoms with Gasteiger partial charge in [0.05, 0.1) is 43.2 Å². The fourth-order valence-electron chi connectivity index (χ4n) is 8.57. The van der Waals surface area contributed by atoms with Crippen LogP contribution in [-0.2, 0) is 33.4 Å². The second-order valence-corrected chi connectivity index (χ2v) is 15.0. The van der Waals surface area contributed by atoms with Crippen molar-refractivity contribution in [2.75, 3.05) is 31.8 Å². The minimum atomic E-state index is -1.32. The number of ether oxygens (including phenoxy) is 3. The first-order valence-corrected chi connectivity index (χ1v) is 18.7. The molecule has 2 aromatic carbocycles. The number of aliphatic hydroxyl groups excluding tert-OH is 1. The highest BCUT2D eigenvalue weighted by Gasteiger charge is 2.76. The molecule has 0 radical (unpaired) electrons. The van der Waals surface area contributed by atoms with Crippen molar-refractivity contribution < 1.29 is 38.5 Å². The second-order valence-electron chi connectivity index (χ2n) is 15.0. The van der Waals surface area contributed by atoms with Crippen LogP contribution >= 0.6 is 0 Å². The number of anilines is 1. The summed E-state index contributed by atoms with van der Waals surface area (Å²) in [6, 6.07) is 12.4. The number of amides is 3. The smallest absolute Gasteiger partial charge is 0.313 e. The number of nitrogens with one attached hydrogen (secondary N) is 1. The first-order valence-electron chi connectivity index (χ1n) is 18.7. The summed E-state index contributed by atoms with van der Waals surface area (Å²) in [5.41, 5.74) is 1.86. The van der Waals surface area contributed by atoms with Gasteiger partial charge in [0.1, 0.15) is 17.7 Å². The molecule has 1 spiro atoms. The lowest BCUT2D eigenvalue weighted by Crippen LogP contribution is -2.59. The summed E-state index contributed by atoms with van der Waals surface area (Å²) in [5, 5.41) is 13.7. The molecule has 3 amide bonds. The SMILES string of the molecule is C=CCCC(=O)N[C@@H](COC)[C@@H](OC(=O)[C@@H]1[C@@H]2CC[C@]3(O2)[C@H](C(=O)N(CC=C)c2cc(C)ccc2C)N([C@@H](CO)CC(C)C)C(=O)[C@@H]13)c1ccccc1. The quantitative estimate of drug-likeness (QED) is 0.162. The molecule has 5 rings (SSSR count). The number of hydrogen-bond donors (Lipinski definition) is 2. The van der Waals surface area contributed by atoms with Crippen molar-refractivity contribution in [3.8, 4) is 0 Å². The minimum absolute atomic E-state index is 0.0544. The molecule has 3 aliphatic heterocycles. The Morgan fingerprint density at radius 1 is 1.13 bits per heavy atom. The highest BCUT2D eigenvalue weighted by molar-refractivity contribution is 6.05. The second kappa shape index (κ2) is 17.2. The third-order valence-corrected chi connectivity index (χ3v) is 10.8. The van der Waals surface area contributed by atoms with Crippen molar-refractivity contribution >= 4 is 29.4 Å². The van der Waals surface area contributed by atoms with Crippen LogP contribution in [0.25, 0.3) is 0 Å². The zero-order valence-electron chi connectivity index (χ0n) is 31.7. The van der Waals surface area contributed by atoms with E-state index in [2.05, 4.69) is 18.5 Å². The van der Waals surface area contributed by atoms with Crippen LogP contribution in [0.1, 0.15) is 68.7 Å². The van der Waals surface area contributed by atoms with Crippen LogP contribution in [0.2, 0.25) is 0 Å². The average molecular weight is 730 g/mol. The van der Waals surface area contributed by atoms with Gasteiger partial charge in [-0.3, -0.25) is 19.2 Å². The van der Waals surface area contributed by atoms with Gasteiger partial charge in [-0.05, 0) is 68.2 Å². The van der Waals surface area contributed by atoms with Crippen LogP contribution in [0.15, 0.2) is 73.8 Å². The van der Waals surface area contributed by atoms with Crippen molar-refractivity contribution in [3.63, 3.8) is 0 Å². The van der Waals surface area contributed by atoms with Gasteiger partial charge in [0, 0.05) is 25.8 Å². The van der Waals surface area contributed by atoms with Crippen molar-refractivity contribution in [1.29, 1.82) is 0 Å². The van der Waals surface area contributed by atoms with E-state index in [1.165, 1.54) is 12.0 Å². The molecule has 0 aromatic heterocycles. The predicted octanol–water partition coefficient (Wildman–Crippen LogP) is 4.99. The van der Waals surface area contributed by atoms with Gasteiger partial charge in [0.15, 0.2) is 0 Å². The maximum atomic E-state index is 15.1. The average Bonchev–Trinajstić information content (AvgIpc) is 3.79. The van der Waals surface area contributed by atoms with E-state index in [0.717, 1.165) is 11.1 Å². The number of hydrogen-bond acceptors (Lipinski definition) is 8. The molecule has 3 saturated heterocycles. The van der Waals surface area contributed by atoms with Crippen LogP contribution in [0.5, 0.6) is 0 Å². The summed E-state index contributed by atoms with van der Waals surface area (Å²) in [6.07, 6.45) is 3.64. The summed E-state index contributed by atoms with van der Waals surface area (Å²) in [7, 11) is 1.51. The van der Waals surface area contributed by atoms with Gasteiger partial charge in [-0.25, -0.2) is 0 Å². The molecule has 11 heteroatoms. The number of benzene rings is 2. The number of carbonyl (C=O) groups excluding carboxylic acids is 4. The number of aryl methyl sites for hydroxylation is 2. The Hall–Kier alpha value is -4.32. The number of fused-ring (bicyclic) bond motifs is 1. The molecular formula is C42H55N3O8. The predicted molar refractivity (Wildman–Crippen MR) is 202 cm³/mol. The molecule has 0 unspecified atom stereocenters. The number of methoxy groups -OCH3 is 1. The van der Waals surface area contributed by atoms with Gasteiger partial charge in [0.25, 0.3) is 5.91 Å². The fraction of sp³-hybridized carbons (Fsp3) is 0.524. The van der Waals surface area contributed by atoms with E-state index in [1.54, 1.807) is 17.1 Å². The molecule has 2 N–H and O–H groups in total. The maximum Gasteiger partial charge on any atom is 0.313 e. The Labute approximate surface area is 313 Å². The summed E-state index contributed by atoms with van der Waals surface area (Å²) >= 11 is 0. The third kappa shape index (κ3) is 7.98. The van der Waals surface area contributed by atoms with Crippen molar-refractivity contribution in [3.05, 3.63) is 90.5 Å². The molecule has 2 bridgehead atoms. The van der Waals surface area contributed by atoms with E-state index in [4.69, 9.17) is 14.2 Å². The molecule has 53 heavy (non-hydrogen) atoms. The lowest BCUT2D eigenvalue weighted by Gasteiger charge is -2.40. The lowest BCUT2D eigenvalue weighted by molar-refractivity contribution is -0.163. The number of esters is 1. The molecule has 11 nitrogen and oxygen atoms in total. The number of rotatable bonds is 18. The van der Waals surface area contributed by atoms with E-state index in [9.17, 15) is 19.5 Å². The Bertz CT molecular complexity index is 1660. The van der Waals surface area contributed by atoms with Gasteiger partial charge in [-0.15, -0.1) is 13.2 Å². The molecule has 2 aromatic rings. The highest BCUT2D eigenvalue weighted by Crippen LogP contribution is 2.59. The maximum absolute atomic E-state index is 15.1. The van der Waals surface area contributed by atoms with Crippen LogP contribution < -0.4 is 10.2 Å². The molecule has 8 atom stereocenters. The van der Waals surface area contributed by atoms with Gasteiger partial charge >= 0.3 is 5.97 Å². The van der Waals surface area contributed by atoms with Crippen molar-refractivity contribution in [2.24, 2.45) is 17.8 Å². The molecule has 0 aliphatic carbocycles. The van der Waals surface area contributed by atoms with E-state index in [-0.39, 0.29) is 43.9 Å². The van der Waals surface area contributed by atoms with Gasteiger partial charge < -0.3 is 34.4 Å². The standard InChI is InChI=1S/C42H55N3O8/c1-8-10-16-34(47)43-31(25-51-7)37(29-14-12-11-13-15-29)52-41(50)35-33-19-20-42(53-33)36(35)39(48)45(30(24-46)22-26(3)4)38(42)40(49)44(21-9-2)32-23-27(5)17-18-28(32)6/h8-9,11-15,17-18,23,26,30-31,33,35-38,46H,1-2,10,16,19-22,24-25H2,3-7H3,(H,43,47)/t30-,31+,33+,35-,36-,37+,38+,42-/m1/s1. The number of allylic oxidation sites excluding steroid dienone is 1. The van der Waals surface area contributed by atoms with E-state index < -0.39 is 59.6 Å². The number of likely N-dealkylation sites (tertiary alicyclic amines) is 1. The summed E-state index contributed by atoms with van der Waals surface area (Å²) in [5.74, 6) is -3.60. The Kier molecular flexibility index (Phi) is 13.0. The highest BCUT2D eigenvalue weighted by atomic mass is 16.6. The minimum Gasteiger partial charge on any atom is -0.455 e. The molecule has 3 aliphatic rings. The Morgan fingerprint density at radius 3 is 2.51 bits per heavy atom. The van der Waals surface area contributed by atoms with Crippen LogP contribution in [0.3, 0.4) is 0 Å². The first-order chi connectivity index (χ1) is 25.4. The zero-order valence-corrected chi connectivity index (χ0v) is 31.7. The van der Waals surface area contributed by atoms with Crippen LogP contribution in [-0.4, -0.2) is 90.4 Å². The topological polar surface area (TPSA) is 135 Å². The number of carbonyl (C=O) groups is 4. The summed E-state index contributed by atoms with van der Waals surface area (Å²) < 4.78 is 18.6. The largest absolute Gasteiger partial charge is 0.455 e. The van der Waals surface area contributed by atoms with Crippen molar-refractivity contribution in [2.45, 2.75) is 95.7 Å². The van der Waals surface area contributed by atoms with Gasteiger partial charge in [-0.2, -0.15) is 0 Å². The van der Waals surface area contributed by atoms with E-state index in [0.29, 0.717) is 36.9 Å². The molecule has 286 valence electrons. The Morgan fingerprint density at radius 2 is 1.87 bits per heavy atom. The number of aliphatic hydroxyl groups is 1. The third-order valence-electron chi connectivity index (χ3n) is 10.8. The molecular weight excluding hydrogens is 674 g/mol. The van der Waals surface area contributed by atoms with Crippen LogP contribution in [0.4, 0.5) is 5.69 Å². The van der Waals surface area contributed by atoms with E-state index in [1.807, 2.05) is 76.2 Å². The van der Waals surface area contributed by atoms with E-state index >= 15 is 4.79 Å². The lowest BCUT2D eigenvalue weighted by atomic mass is 9.70. The number of nitrogens with zero attached hydrogens (tertiary/aromatic N) is 2. The molecule has 0 saturated carbocycles. The van der Waals surface area contributed by atoms with Crippen LogP contribution in [0, 0.1) is 31.6 Å². The first kappa shape index (κ1) is 39.9. The molecule has 3 heterocycles. The molecule has 3 fully saturated rings. The fourth-order valence-corrected chi connectivity index (χ4v) is 8.57. The van der Waals surface area contributed by atoms with Gasteiger partial charge in [-0.1, -0.05) is 68.5 Å². The monoisotopic (exact) mass is 729 g/mol. The van der Waals surface area contributed by atoms with Crippen molar-refractivity contribution in [1.82, 2.24) is 10.2 Å². The summed E-state index contributed by atoms with van der Waals surface area (Å²) in [4.78, 5) is 60.7. The Balaban J connectivity index is 1.55. The van der Waals surface area contributed by atoms with Gasteiger partial charge in [0.2, 0.25) is 11.8 Å². The summed E-state index contributed by atoms with van der Waals surface area (Å²) in [6.45, 7) is 15.4.